The third-order valence-corrected chi connectivity index (χ3v) is 13.4. The Morgan fingerprint density at radius 1 is 0.536 bits per heavy atom. The van der Waals surface area contributed by atoms with Crippen molar-refractivity contribution in [2.24, 2.45) is 0 Å². The Bertz CT molecular complexity index is 3600. The third kappa shape index (κ3) is 9.30. The maximum atomic E-state index is 12.4. The molecule has 7 aromatic carbocycles. The number of aromatic nitrogens is 3. The van der Waals surface area contributed by atoms with Gasteiger partial charge in [-0.15, -0.1) is 0 Å². The van der Waals surface area contributed by atoms with E-state index in [4.69, 9.17) is 18.2 Å². The summed E-state index contributed by atoms with van der Waals surface area (Å²) in [5, 5.41) is 12.4. The van der Waals surface area contributed by atoms with Crippen LogP contribution in [0.4, 0.5) is 0 Å². The normalized spacial score (nSPS) is 14.2. The van der Waals surface area contributed by atoms with E-state index in [1.54, 1.807) is 30.5 Å². The van der Waals surface area contributed by atoms with Crippen molar-refractivity contribution in [2.45, 2.75) is 112 Å². The van der Waals surface area contributed by atoms with Gasteiger partial charge in [-0.25, -0.2) is 4.98 Å². The lowest BCUT2D eigenvalue weighted by Gasteiger charge is -2.25. The fourth-order valence-electron chi connectivity index (χ4n) is 9.58. The minimum atomic E-state index is -2.76. The molecule has 9 aromatic rings. The highest BCUT2D eigenvalue weighted by Crippen LogP contribution is 2.45. The molecule has 0 radical (unpaired) electrons. The first-order chi connectivity index (χ1) is 35.7. The second-order valence-corrected chi connectivity index (χ2v) is 20.6. The van der Waals surface area contributed by atoms with Gasteiger partial charge < -0.3 is 5.11 Å². The summed E-state index contributed by atoms with van der Waals surface area (Å²) in [7, 11) is 0. The van der Waals surface area contributed by atoms with Gasteiger partial charge in [0, 0.05) is 32.6 Å². The number of fused-ring (bicyclic) bond motifs is 1. The van der Waals surface area contributed by atoms with Gasteiger partial charge in [-0.05, 0) is 150 Å². The van der Waals surface area contributed by atoms with Crippen LogP contribution in [0.15, 0.2) is 164 Å². The number of phenolic OH excluding ortho intramolecular Hbond substituents is 1. The zero-order valence-electron chi connectivity index (χ0n) is 48.5. The highest BCUT2D eigenvalue weighted by Gasteiger charge is 2.26. The average molecular weight is 913 g/mol. The predicted octanol–water partition coefficient (Wildman–Crippen LogP) is 18.1. The minimum Gasteiger partial charge on any atom is -0.507 e. The summed E-state index contributed by atoms with van der Waals surface area (Å²) < 4.78 is 60.9. The SMILES string of the molecule is [2H]C(C)(C)c1cc(-n2c(-c3cc(C(C)C)cc(C(C)C)c3O)nc3c(-c4cc(-c5ccccc5)cc(-c5cc(-c6ccc(C(C)(C([2H])([2H])[2H])C([2H])([2H])[2H])cc6)ccn5)c4)cccc32)ccc1-c1ccccc1C(C)(C)C. The van der Waals surface area contributed by atoms with Crippen LogP contribution in [0.25, 0.3) is 83.9 Å². The largest absolute Gasteiger partial charge is 0.507 e. The summed E-state index contributed by atoms with van der Waals surface area (Å²) >= 11 is 0. The molecule has 0 fully saturated rings. The van der Waals surface area contributed by atoms with Crippen molar-refractivity contribution < 1.29 is 14.7 Å². The van der Waals surface area contributed by atoms with E-state index in [2.05, 4.69) is 150 Å². The Hall–Kier alpha value is -7.04. The Labute approximate surface area is 420 Å². The zero-order valence-corrected chi connectivity index (χ0v) is 41.5. The molecule has 69 heavy (non-hydrogen) atoms. The highest BCUT2D eigenvalue weighted by molar-refractivity contribution is 5.98. The number of pyridine rings is 1. The molecule has 0 aliphatic carbocycles. The zero-order chi connectivity index (χ0) is 54.9. The van der Waals surface area contributed by atoms with Gasteiger partial charge in [0.1, 0.15) is 11.6 Å². The summed E-state index contributed by atoms with van der Waals surface area (Å²) in [5.41, 5.74) is 14.0. The van der Waals surface area contributed by atoms with E-state index in [1.165, 1.54) is 12.5 Å². The first-order valence-electron chi connectivity index (χ1n) is 27.6. The van der Waals surface area contributed by atoms with Crippen LogP contribution >= 0.6 is 0 Å². The summed E-state index contributed by atoms with van der Waals surface area (Å²) in [6.07, 6.45) is 1.75. The van der Waals surface area contributed by atoms with Crippen LogP contribution in [0.2, 0.25) is 0 Å². The molecule has 0 unspecified atom stereocenters. The van der Waals surface area contributed by atoms with Crippen molar-refractivity contribution in [1.29, 1.82) is 0 Å². The van der Waals surface area contributed by atoms with Crippen molar-refractivity contribution in [3.8, 4) is 78.6 Å². The Kier molecular flexibility index (Phi) is 10.4. The maximum absolute atomic E-state index is 12.4. The van der Waals surface area contributed by atoms with Gasteiger partial charge in [0.05, 0.1) is 22.3 Å². The van der Waals surface area contributed by atoms with Crippen molar-refractivity contribution >= 4 is 11.0 Å². The summed E-state index contributed by atoms with van der Waals surface area (Å²) in [5.74, 6) is -0.0159. The lowest BCUT2D eigenvalue weighted by atomic mass is 9.80. The van der Waals surface area contributed by atoms with E-state index < -0.39 is 25.0 Å². The molecular formula is C65H67N3O. The van der Waals surface area contributed by atoms with Gasteiger partial charge in [-0.1, -0.05) is 186 Å². The molecule has 0 aliphatic rings. The molecule has 0 saturated carbocycles. The smallest absolute Gasteiger partial charge is 0.149 e. The summed E-state index contributed by atoms with van der Waals surface area (Å²) in [6.45, 7) is 14.8. The lowest BCUT2D eigenvalue weighted by Crippen LogP contribution is -2.13. The standard InChI is InChI=1S/C65H67N3O/c1-40(2)46-36-56(42(5)6)62(69)57(37-46)63-67-61-52(22-18-24-60(61)68(63)51-29-30-53(55(39-51)41(3)4)54-21-16-17-23-58(54)65(10,11)12)48-33-47(43-19-14-13-15-20-43)34-49(35-48)59-38-45(31-32-66-59)44-25-27-50(28-26-44)64(7,8)9/h13-42,69H,1-12H3/i7D3,8D3,41D. The topological polar surface area (TPSA) is 50.9 Å². The van der Waals surface area contributed by atoms with Crippen molar-refractivity contribution in [1.82, 2.24) is 14.5 Å². The third-order valence-electron chi connectivity index (χ3n) is 13.4. The van der Waals surface area contributed by atoms with Crippen molar-refractivity contribution in [2.75, 3.05) is 0 Å². The molecule has 348 valence electrons. The molecule has 4 heteroatoms. The van der Waals surface area contributed by atoms with E-state index in [0.717, 1.165) is 83.5 Å². The second-order valence-electron chi connectivity index (χ2n) is 20.6. The van der Waals surface area contributed by atoms with Gasteiger partial charge in [0.25, 0.3) is 0 Å². The Morgan fingerprint density at radius 3 is 1.91 bits per heavy atom. The molecule has 0 saturated heterocycles. The van der Waals surface area contributed by atoms with Gasteiger partial charge in [0.2, 0.25) is 0 Å². The van der Waals surface area contributed by atoms with Crippen LogP contribution < -0.4 is 0 Å². The lowest BCUT2D eigenvalue weighted by molar-refractivity contribution is 0.466. The number of phenols is 1. The number of imidazole rings is 1. The second kappa shape index (κ2) is 18.5. The van der Waals surface area contributed by atoms with E-state index in [9.17, 15) is 6.48 Å². The van der Waals surface area contributed by atoms with Crippen LogP contribution in [0.3, 0.4) is 0 Å². The number of hydrogen-bond acceptors (Lipinski definition) is 3. The molecule has 0 spiro atoms. The van der Waals surface area contributed by atoms with Crippen LogP contribution in [-0.4, -0.2) is 19.6 Å². The van der Waals surface area contributed by atoms with Crippen LogP contribution in [0.5, 0.6) is 5.75 Å². The van der Waals surface area contributed by atoms with Gasteiger partial charge >= 0.3 is 0 Å². The fraction of sp³-hybridized carbons (Fsp3) is 0.262. The summed E-state index contributed by atoms with van der Waals surface area (Å²) in [6, 6.07) is 52.5. The fourth-order valence-corrected chi connectivity index (χ4v) is 9.58. The first-order valence-corrected chi connectivity index (χ1v) is 24.1. The Balaban J connectivity index is 1.27. The van der Waals surface area contributed by atoms with E-state index in [0.29, 0.717) is 17.1 Å². The number of hydrogen-bond donors (Lipinski definition) is 1. The maximum Gasteiger partial charge on any atom is 0.149 e. The first kappa shape index (κ1) is 38.9. The van der Waals surface area contributed by atoms with E-state index in [-0.39, 0.29) is 28.6 Å². The molecule has 4 nitrogen and oxygen atoms in total. The molecule has 1 N–H and O–H groups in total. The quantitative estimate of drug-likeness (QED) is 0.149. The van der Waals surface area contributed by atoms with Crippen LogP contribution in [-0.2, 0) is 10.8 Å². The Morgan fingerprint density at radius 2 is 1.22 bits per heavy atom. The van der Waals surface area contributed by atoms with Gasteiger partial charge in [-0.2, -0.15) is 0 Å². The molecule has 0 aliphatic heterocycles. The monoisotopic (exact) mass is 913 g/mol. The highest BCUT2D eigenvalue weighted by atomic mass is 16.3. The molecule has 9 rings (SSSR count). The number of para-hydroxylation sites is 1. The van der Waals surface area contributed by atoms with E-state index >= 15 is 0 Å². The number of aromatic hydroxyl groups is 1. The van der Waals surface area contributed by atoms with Crippen LogP contribution in [0.1, 0.15) is 138 Å². The molecule has 0 amide bonds. The summed E-state index contributed by atoms with van der Waals surface area (Å²) in [4.78, 5) is 10.5. The molecule has 2 heterocycles. The molecule has 0 bridgehead atoms. The molecule has 0 atom stereocenters. The molecular weight excluding hydrogens is 839 g/mol. The number of rotatable bonds is 10. The number of benzene rings is 7. The minimum absolute atomic E-state index is 0.0352. The van der Waals surface area contributed by atoms with Crippen molar-refractivity contribution in [3.63, 3.8) is 0 Å². The van der Waals surface area contributed by atoms with E-state index in [1.807, 2.05) is 50.2 Å². The number of nitrogens with zero attached hydrogens (tertiary/aromatic N) is 3. The van der Waals surface area contributed by atoms with Crippen molar-refractivity contribution in [3.05, 3.63) is 192 Å². The predicted molar refractivity (Wildman–Crippen MR) is 293 cm³/mol. The van der Waals surface area contributed by atoms with Crippen LogP contribution in [0, 0.1) is 0 Å². The van der Waals surface area contributed by atoms with Gasteiger partial charge in [0.15, 0.2) is 0 Å². The average Bonchev–Trinajstić information content (AvgIpc) is 3.84. The van der Waals surface area contributed by atoms with Gasteiger partial charge in [-0.3, -0.25) is 9.55 Å². The molecule has 2 aromatic heterocycles.